The second kappa shape index (κ2) is 7.55. The first-order valence-electron chi connectivity index (χ1n) is 7.65. The fraction of sp³-hybridized carbons (Fsp3) is 0.733. The molecule has 1 aromatic heterocycles. The second-order valence-corrected chi connectivity index (χ2v) is 5.73. The van der Waals surface area contributed by atoms with Crippen molar-refractivity contribution in [3.05, 3.63) is 17.8 Å². The summed E-state index contributed by atoms with van der Waals surface area (Å²) < 4.78 is 0. The minimum atomic E-state index is 0.548. The molecule has 1 N–H and O–H groups in total. The molecule has 2 heterocycles. The minimum Gasteiger partial charge on any atom is -0.354 e. The van der Waals surface area contributed by atoms with Gasteiger partial charge in [0, 0.05) is 26.2 Å². The van der Waals surface area contributed by atoms with Crippen LogP contribution in [0.15, 0.2) is 12.1 Å². The number of anilines is 1. The lowest BCUT2D eigenvalue weighted by Crippen LogP contribution is -2.45. The Labute approximate surface area is 122 Å². The van der Waals surface area contributed by atoms with Crippen molar-refractivity contribution >= 4 is 5.82 Å². The average Bonchev–Trinajstić information content (AvgIpc) is 2.47. The van der Waals surface area contributed by atoms with Crippen molar-refractivity contribution in [3.8, 4) is 0 Å². The molecule has 0 radical (unpaired) electrons. The molecule has 5 nitrogen and oxygen atoms in total. The molecule has 1 atom stereocenters. The number of hydrogen-bond acceptors (Lipinski definition) is 5. The number of piperidine rings is 1. The molecule has 1 saturated heterocycles. The maximum Gasteiger partial charge on any atom is 0.151 e. The lowest BCUT2D eigenvalue weighted by molar-refractivity contribution is 0.247. The van der Waals surface area contributed by atoms with Crippen molar-refractivity contribution in [2.24, 2.45) is 0 Å². The zero-order chi connectivity index (χ0) is 14.4. The molecule has 0 aromatic carbocycles. The Bertz CT molecular complexity index is 392. The summed E-state index contributed by atoms with van der Waals surface area (Å²) in [6, 6.07) is 4.71. The number of nitrogens with zero attached hydrogens (tertiary/aromatic N) is 4. The van der Waals surface area contributed by atoms with Crippen LogP contribution in [0.5, 0.6) is 0 Å². The molecule has 1 aliphatic heterocycles. The van der Waals surface area contributed by atoms with E-state index in [1.807, 2.05) is 0 Å². The lowest BCUT2D eigenvalue weighted by Gasteiger charge is -2.36. The van der Waals surface area contributed by atoms with Gasteiger partial charge in [0.25, 0.3) is 0 Å². The lowest BCUT2D eigenvalue weighted by atomic mass is 10.1. The van der Waals surface area contributed by atoms with Crippen molar-refractivity contribution in [1.82, 2.24) is 20.4 Å². The Hall–Kier alpha value is -1.20. The number of likely N-dealkylation sites (tertiary alicyclic amines) is 1. The predicted octanol–water partition coefficient (Wildman–Crippen LogP) is 1.51. The molecule has 1 unspecified atom stereocenters. The zero-order valence-corrected chi connectivity index (χ0v) is 13.0. The molecular formula is C15H27N5. The van der Waals surface area contributed by atoms with Crippen LogP contribution in [0.2, 0.25) is 0 Å². The fourth-order valence-corrected chi connectivity index (χ4v) is 2.67. The van der Waals surface area contributed by atoms with Gasteiger partial charge in [-0.05, 0) is 51.5 Å². The summed E-state index contributed by atoms with van der Waals surface area (Å²) in [7, 11) is 4.32. The van der Waals surface area contributed by atoms with E-state index < -0.39 is 0 Å². The highest BCUT2D eigenvalue weighted by Gasteiger charge is 2.22. The molecule has 1 fully saturated rings. The molecule has 112 valence electrons. The highest BCUT2D eigenvalue weighted by atomic mass is 15.3. The van der Waals surface area contributed by atoms with Gasteiger partial charge in [0.15, 0.2) is 5.82 Å². The van der Waals surface area contributed by atoms with Crippen LogP contribution in [-0.2, 0) is 6.54 Å². The van der Waals surface area contributed by atoms with Gasteiger partial charge in [0.05, 0.1) is 5.69 Å². The quantitative estimate of drug-likeness (QED) is 0.799. The van der Waals surface area contributed by atoms with Crippen LogP contribution in [0.4, 0.5) is 5.82 Å². The molecule has 0 amide bonds. The van der Waals surface area contributed by atoms with Crippen LogP contribution in [-0.4, -0.2) is 54.9 Å². The van der Waals surface area contributed by atoms with Crippen LogP contribution < -0.4 is 10.2 Å². The maximum atomic E-state index is 4.37. The van der Waals surface area contributed by atoms with Crippen LogP contribution in [0, 0.1) is 0 Å². The number of nitrogens with one attached hydrogen (secondary N) is 1. The molecule has 0 bridgehead atoms. The smallest absolute Gasteiger partial charge is 0.151 e. The molecule has 0 saturated carbocycles. The first-order chi connectivity index (χ1) is 9.70. The Morgan fingerprint density at radius 1 is 1.40 bits per heavy atom. The minimum absolute atomic E-state index is 0.548. The van der Waals surface area contributed by atoms with Gasteiger partial charge in [-0.25, -0.2) is 0 Å². The van der Waals surface area contributed by atoms with Gasteiger partial charge in [0.2, 0.25) is 0 Å². The highest BCUT2D eigenvalue weighted by Crippen LogP contribution is 2.18. The summed E-state index contributed by atoms with van der Waals surface area (Å²) in [5.74, 6) is 0.976. The standard InChI is InChI=1S/C15H27N5/c1-4-9-16-11-13-7-8-15(18-17-13)20(3)14-6-5-10-19(2)12-14/h7-8,14,16H,4-6,9-12H2,1-3H3. The van der Waals surface area contributed by atoms with E-state index in [1.54, 1.807) is 0 Å². The van der Waals surface area contributed by atoms with Gasteiger partial charge < -0.3 is 15.1 Å². The first-order valence-corrected chi connectivity index (χ1v) is 7.65. The van der Waals surface area contributed by atoms with Crippen LogP contribution in [0.25, 0.3) is 0 Å². The molecule has 1 aliphatic rings. The van der Waals surface area contributed by atoms with Gasteiger partial charge in [-0.2, -0.15) is 5.10 Å². The molecule has 20 heavy (non-hydrogen) atoms. The van der Waals surface area contributed by atoms with Crippen LogP contribution in [0.3, 0.4) is 0 Å². The van der Waals surface area contributed by atoms with Gasteiger partial charge in [-0.15, -0.1) is 5.10 Å². The number of rotatable bonds is 6. The van der Waals surface area contributed by atoms with E-state index in [2.05, 4.69) is 58.5 Å². The van der Waals surface area contributed by atoms with Gasteiger partial charge in [-0.1, -0.05) is 6.92 Å². The van der Waals surface area contributed by atoms with Gasteiger partial charge >= 0.3 is 0 Å². The molecule has 5 heteroatoms. The molecule has 0 aliphatic carbocycles. The summed E-state index contributed by atoms with van der Waals surface area (Å²) in [6.45, 7) is 6.31. The highest BCUT2D eigenvalue weighted by molar-refractivity contribution is 5.37. The Balaban J connectivity index is 1.91. The normalized spacial score (nSPS) is 20.1. The monoisotopic (exact) mass is 277 g/mol. The summed E-state index contributed by atoms with van der Waals surface area (Å²) in [5, 5.41) is 12.0. The van der Waals surface area contributed by atoms with Gasteiger partial charge in [0.1, 0.15) is 0 Å². The van der Waals surface area contributed by atoms with Crippen LogP contribution in [0.1, 0.15) is 31.9 Å². The summed E-state index contributed by atoms with van der Waals surface area (Å²) in [4.78, 5) is 4.66. The van der Waals surface area contributed by atoms with E-state index in [9.17, 15) is 0 Å². The van der Waals surface area contributed by atoms with Crippen molar-refractivity contribution in [1.29, 1.82) is 0 Å². The number of likely N-dealkylation sites (N-methyl/N-ethyl adjacent to an activating group) is 2. The van der Waals surface area contributed by atoms with Crippen molar-refractivity contribution < 1.29 is 0 Å². The molecule has 0 spiro atoms. The third kappa shape index (κ3) is 4.15. The van der Waals surface area contributed by atoms with Gasteiger partial charge in [-0.3, -0.25) is 0 Å². The van der Waals surface area contributed by atoms with Crippen LogP contribution >= 0.6 is 0 Å². The van der Waals surface area contributed by atoms with E-state index in [1.165, 1.54) is 19.4 Å². The van der Waals surface area contributed by atoms with E-state index in [0.29, 0.717) is 6.04 Å². The Kier molecular flexibility index (Phi) is 5.73. The zero-order valence-electron chi connectivity index (χ0n) is 13.0. The summed E-state index contributed by atoms with van der Waals surface area (Å²) >= 11 is 0. The largest absolute Gasteiger partial charge is 0.354 e. The third-order valence-corrected chi connectivity index (χ3v) is 3.95. The fourth-order valence-electron chi connectivity index (χ4n) is 2.67. The first kappa shape index (κ1) is 15.2. The van der Waals surface area contributed by atoms with Crippen molar-refractivity contribution in [3.63, 3.8) is 0 Å². The van der Waals surface area contributed by atoms with Crippen molar-refractivity contribution in [2.75, 3.05) is 38.6 Å². The molecule has 1 aromatic rings. The second-order valence-electron chi connectivity index (χ2n) is 5.73. The molecular weight excluding hydrogens is 250 g/mol. The number of aromatic nitrogens is 2. The number of hydrogen-bond donors (Lipinski definition) is 1. The summed E-state index contributed by atoms with van der Waals surface area (Å²) in [6.07, 6.45) is 3.64. The third-order valence-electron chi connectivity index (χ3n) is 3.95. The SMILES string of the molecule is CCCNCc1ccc(N(C)C2CCCN(C)C2)nn1. The van der Waals surface area contributed by atoms with E-state index in [-0.39, 0.29) is 0 Å². The van der Waals surface area contributed by atoms with E-state index in [4.69, 9.17) is 0 Å². The Morgan fingerprint density at radius 3 is 2.90 bits per heavy atom. The molecule has 2 rings (SSSR count). The Morgan fingerprint density at radius 2 is 2.25 bits per heavy atom. The summed E-state index contributed by atoms with van der Waals surface area (Å²) in [5.41, 5.74) is 1.01. The van der Waals surface area contributed by atoms with Crippen molar-refractivity contribution in [2.45, 2.75) is 38.8 Å². The predicted molar refractivity (Wildman–Crippen MR) is 83.0 cm³/mol. The van der Waals surface area contributed by atoms with E-state index >= 15 is 0 Å². The average molecular weight is 277 g/mol. The topological polar surface area (TPSA) is 44.3 Å². The van der Waals surface area contributed by atoms with E-state index in [0.717, 1.165) is 37.6 Å². The maximum absolute atomic E-state index is 4.37.